The zero-order chi connectivity index (χ0) is 18.7. The van der Waals surface area contributed by atoms with Gasteiger partial charge in [-0.05, 0) is 30.5 Å². The molecule has 0 aliphatic carbocycles. The number of rotatable bonds is 4. The van der Waals surface area contributed by atoms with Crippen LogP contribution in [-0.4, -0.2) is 14.2 Å². The normalized spacial score (nSPS) is 12.6. The maximum atomic E-state index is 12.7. The third-order valence-electron chi connectivity index (χ3n) is 4.01. The lowest BCUT2D eigenvalue weighted by Gasteiger charge is -2.29. The van der Waals surface area contributed by atoms with Gasteiger partial charge in [-0.2, -0.15) is 0 Å². The third-order valence-corrected chi connectivity index (χ3v) is 5.38. The SMILES string of the molecule is Cc1ccc(C(=O)N[C@@H](Nc2cccc3ccccc23)C(Br)(Br)Br)cc1. The van der Waals surface area contributed by atoms with Crippen LogP contribution in [0.2, 0.25) is 0 Å². The molecule has 0 radical (unpaired) electrons. The maximum Gasteiger partial charge on any atom is 0.252 e. The fourth-order valence-electron chi connectivity index (χ4n) is 2.63. The number of carbonyl (C=O) groups is 1. The van der Waals surface area contributed by atoms with Crippen LogP contribution in [0.5, 0.6) is 0 Å². The molecule has 0 saturated heterocycles. The molecule has 3 aromatic carbocycles. The largest absolute Gasteiger partial charge is 0.362 e. The standard InChI is InChI=1S/C20H17Br3N2O/c1-13-9-11-15(12-10-13)18(26)25-19(20(21,22)23)24-17-8-4-6-14-5-2-3-7-16(14)17/h2-12,19,24H,1H3,(H,25,26)/t19-/m1/s1. The van der Waals surface area contributed by atoms with Crippen molar-refractivity contribution in [3.8, 4) is 0 Å². The topological polar surface area (TPSA) is 41.1 Å². The number of hydrogen-bond donors (Lipinski definition) is 2. The Morgan fingerprint density at radius 1 is 0.923 bits per heavy atom. The Morgan fingerprint density at radius 2 is 1.58 bits per heavy atom. The first-order valence-corrected chi connectivity index (χ1v) is 10.4. The number of alkyl halides is 3. The monoisotopic (exact) mass is 538 g/mol. The molecule has 0 aromatic heterocycles. The van der Waals surface area contributed by atoms with Gasteiger partial charge < -0.3 is 10.6 Å². The van der Waals surface area contributed by atoms with Crippen molar-refractivity contribution in [1.82, 2.24) is 5.32 Å². The van der Waals surface area contributed by atoms with Crippen molar-refractivity contribution < 1.29 is 4.79 Å². The van der Waals surface area contributed by atoms with Gasteiger partial charge in [-0.25, -0.2) is 0 Å². The summed E-state index contributed by atoms with van der Waals surface area (Å²) in [7, 11) is 0. The van der Waals surface area contributed by atoms with Gasteiger partial charge in [0.25, 0.3) is 5.91 Å². The highest BCUT2D eigenvalue weighted by molar-refractivity contribution is 9.39. The number of hydrogen-bond acceptors (Lipinski definition) is 2. The maximum absolute atomic E-state index is 12.7. The lowest BCUT2D eigenvalue weighted by atomic mass is 10.1. The summed E-state index contributed by atoms with van der Waals surface area (Å²) in [4.78, 5) is 12.7. The van der Waals surface area contributed by atoms with E-state index in [9.17, 15) is 4.79 Å². The first-order chi connectivity index (χ1) is 12.3. The smallest absolute Gasteiger partial charge is 0.252 e. The number of amides is 1. The van der Waals surface area contributed by atoms with Crippen LogP contribution in [-0.2, 0) is 0 Å². The molecule has 134 valence electrons. The number of aryl methyl sites for hydroxylation is 1. The molecule has 1 amide bonds. The van der Waals surface area contributed by atoms with Gasteiger partial charge in [0.15, 0.2) is 2.14 Å². The minimum Gasteiger partial charge on any atom is -0.362 e. The van der Waals surface area contributed by atoms with Crippen molar-refractivity contribution in [1.29, 1.82) is 0 Å². The molecule has 3 nitrogen and oxygen atoms in total. The number of halogens is 3. The summed E-state index contributed by atoms with van der Waals surface area (Å²) in [5.74, 6) is -0.162. The number of fused-ring (bicyclic) bond motifs is 1. The summed E-state index contributed by atoms with van der Waals surface area (Å²) in [6, 6.07) is 21.6. The number of nitrogens with one attached hydrogen (secondary N) is 2. The quantitative estimate of drug-likeness (QED) is 0.308. The molecule has 2 N–H and O–H groups in total. The lowest BCUT2D eigenvalue weighted by molar-refractivity contribution is 0.0943. The van der Waals surface area contributed by atoms with E-state index in [-0.39, 0.29) is 5.91 Å². The van der Waals surface area contributed by atoms with Crippen molar-refractivity contribution in [3.05, 3.63) is 77.9 Å². The molecule has 0 bridgehead atoms. The number of benzene rings is 3. The van der Waals surface area contributed by atoms with Crippen LogP contribution in [0.3, 0.4) is 0 Å². The second-order valence-corrected chi connectivity index (χ2v) is 12.9. The summed E-state index contributed by atoms with van der Waals surface area (Å²) in [6.45, 7) is 1.99. The summed E-state index contributed by atoms with van der Waals surface area (Å²) in [6.07, 6.45) is -0.456. The fourth-order valence-corrected chi connectivity index (χ4v) is 3.31. The predicted molar refractivity (Wildman–Crippen MR) is 120 cm³/mol. The molecule has 3 rings (SSSR count). The van der Waals surface area contributed by atoms with Gasteiger partial charge in [0.05, 0.1) is 0 Å². The zero-order valence-corrected chi connectivity index (χ0v) is 18.7. The van der Waals surface area contributed by atoms with Crippen LogP contribution in [0, 0.1) is 6.92 Å². The lowest BCUT2D eigenvalue weighted by Crippen LogP contribution is -2.48. The van der Waals surface area contributed by atoms with E-state index in [2.05, 4.69) is 76.6 Å². The first-order valence-electron chi connectivity index (χ1n) is 8.03. The highest BCUT2D eigenvalue weighted by Gasteiger charge is 2.32. The first kappa shape index (κ1) is 19.4. The molecule has 0 spiro atoms. The van der Waals surface area contributed by atoms with Crippen LogP contribution in [0.1, 0.15) is 15.9 Å². The molecular formula is C20H17Br3N2O. The van der Waals surface area contributed by atoms with Crippen molar-refractivity contribution in [2.24, 2.45) is 0 Å². The highest BCUT2D eigenvalue weighted by Crippen LogP contribution is 2.38. The van der Waals surface area contributed by atoms with Gasteiger partial charge in [0, 0.05) is 16.6 Å². The fraction of sp³-hybridized carbons (Fsp3) is 0.150. The molecule has 1 atom stereocenters. The highest BCUT2D eigenvalue weighted by atomic mass is 80.0. The van der Waals surface area contributed by atoms with Crippen molar-refractivity contribution in [2.75, 3.05) is 5.32 Å². The van der Waals surface area contributed by atoms with E-state index in [1.807, 2.05) is 55.5 Å². The van der Waals surface area contributed by atoms with Gasteiger partial charge >= 0.3 is 0 Å². The molecule has 3 aromatic rings. The molecule has 0 aliphatic heterocycles. The third kappa shape index (κ3) is 4.67. The van der Waals surface area contributed by atoms with Crippen LogP contribution < -0.4 is 10.6 Å². The van der Waals surface area contributed by atoms with E-state index in [1.165, 1.54) is 0 Å². The summed E-state index contributed by atoms with van der Waals surface area (Å²) >= 11 is 10.6. The average Bonchev–Trinajstić information content (AvgIpc) is 2.61. The molecular weight excluding hydrogens is 524 g/mol. The molecule has 6 heteroatoms. The Kier molecular flexibility index (Phi) is 6.05. The molecule has 26 heavy (non-hydrogen) atoms. The van der Waals surface area contributed by atoms with E-state index >= 15 is 0 Å². The molecule has 0 fully saturated rings. The molecule has 0 aliphatic rings. The Hall–Kier alpha value is -1.37. The summed E-state index contributed by atoms with van der Waals surface area (Å²) in [5, 5.41) is 8.63. The molecule has 0 saturated carbocycles. The van der Waals surface area contributed by atoms with Crippen LogP contribution in [0.25, 0.3) is 10.8 Å². The van der Waals surface area contributed by atoms with Crippen molar-refractivity contribution in [3.63, 3.8) is 0 Å². The van der Waals surface area contributed by atoms with Crippen molar-refractivity contribution in [2.45, 2.75) is 15.2 Å². The van der Waals surface area contributed by atoms with E-state index in [0.717, 1.165) is 22.0 Å². The van der Waals surface area contributed by atoms with Gasteiger partial charge in [-0.3, -0.25) is 4.79 Å². The number of anilines is 1. The Morgan fingerprint density at radius 3 is 2.27 bits per heavy atom. The van der Waals surface area contributed by atoms with Crippen molar-refractivity contribution >= 4 is 70.2 Å². The minimum atomic E-state index is -0.718. The van der Waals surface area contributed by atoms with Gasteiger partial charge in [0.2, 0.25) is 0 Å². The van der Waals surface area contributed by atoms with E-state index in [1.54, 1.807) is 0 Å². The van der Waals surface area contributed by atoms with E-state index in [4.69, 9.17) is 0 Å². The summed E-state index contributed by atoms with van der Waals surface area (Å²) < 4.78 is -0.718. The van der Waals surface area contributed by atoms with Gasteiger partial charge in [-0.15, -0.1) is 0 Å². The van der Waals surface area contributed by atoms with Crippen LogP contribution in [0.4, 0.5) is 5.69 Å². The Balaban J connectivity index is 1.87. The predicted octanol–water partition coefficient (Wildman–Crippen LogP) is 6.15. The molecule has 0 unspecified atom stereocenters. The van der Waals surface area contributed by atoms with E-state index < -0.39 is 8.31 Å². The van der Waals surface area contributed by atoms with Crippen LogP contribution >= 0.6 is 47.8 Å². The Labute approximate surface area is 177 Å². The second-order valence-electron chi connectivity index (χ2n) is 5.99. The second kappa shape index (κ2) is 8.11. The average molecular weight is 541 g/mol. The van der Waals surface area contributed by atoms with Gasteiger partial charge in [-0.1, -0.05) is 102 Å². The Bertz CT molecular complexity index is 915. The molecule has 0 heterocycles. The van der Waals surface area contributed by atoms with E-state index in [0.29, 0.717) is 5.56 Å². The van der Waals surface area contributed by atoms with Gasteiger partial charge in [0.1, 0.15) is 6.17 Å². The zero-order valence-electron chi connectivity index (χ0n) is 14.0. The van der Waals surface area contributed by atoms with Crippen LogP contribution in [0.15, 0.2) is 66.7 Å². The minimum absolute atomic E-state index is 0.162. The summed E-state index contributed by atoms with van der Waals surface area (Å²) in [5.41, 5.74) is 2.65. The number of carbonyl (C=O) groups excluding carboxylic acids is 1.